The Kier molecular flexibility index (Phi) is 5.12. The summed E-state index contributed by atoms with van der Waals surface area (Å²) in [4.78, 5) is 25.5. The third-order valence-corrected chi connectivity index (χ3v) is 6.78. The van der Waals surface area contributed by atoms with Crippen LogP contribution in [0.4, 0.5) is 4.39 Å². The molecule has 0 spiro atoms. The number of aromatic nitrogens is 5. The van der Waals surface area contributed by atoms with E-state index in [1.807, 2.05) is 7.05 Å². The van der Waals surface area contributed by atoms with Crippen LogP contribution in [-0.4, -0.2) is 30.5 Å². The molecule has 4 heterocycles. The van der Waals surface area contributed by atoms with Crippen molar-refractivity contribution in [3.8, 4) is 11.6 Å². The van der Waals surface area contributed by atoms with Gasteiger partial charge in [0.25, 0.3) is 0 Å². The summed E-state index contributed by atoms with van der Waals surface area (Å²) in [5.41, 5.74) is 3.58. The number of hydrogen-bond donors (Lipinski definition) is 1. The van der Waals surface area contributed by atoms with Crippen molar-refractivity contribution < 1.29 is 18.0 Å². The molecule has 0 radical (unpaired) electrons. The Morgan fingerprint density at radius 3 is 2.97 bits per heavy atom. The smallest absolute Gasteiger partial charge is 0.247 e. The molecule has 1 aliphatic rings. The third kappa shape index (κ3) is 3.86. The highest BCUT2D eigenvalue weighted by Gasteiger charge is 2.32. The Morgan fingerprint density at radius 2 is 2.17 bits per heavy atom. The van der Waals surface area contributed by atoms with E-state index in [4.69, 9.17) is 8.83 Å². The number of nitrogens with one attached hydrogen (secondary N) is 1. The maximum Gasteiger partial charge on any atom is 0.247 e. The fourth-order valence-electron chi connectivity index (χ4n) is 5.05. The van der Waals surface area contributed by atoms with Gasteiger partial charge in [0.05, 0.1) is 29.0 Å². The number of oxazole rings is 1. The number of aryl methyl sites for hydroxylation is 3. The van der Waals surface area contributed by atoms with Crippen molar-refractivity contribution in [2.75, 3.05) is 0 Å². The van der Waals surface area contributed by atoms with Gasteiger partial charge in [0.15, 0.2) is 11.5 Å². The van der Waals surface area contributed by atoms with Crippen LogP contribution in [0.15, 0.2) is 51.7 Å². The molecular weight excluding hydrogens is 449 g/mol. The molecule has 1 aliphatic carbocycles. The number of aromatic amines is 1. The molecule has 5 aromatic rings. The van der Waals surface area contributed by atoms with Crippen molar-refractivity contribution in [1.82, 2.24) is 24.7 Å². The Hall–Kier alpha value is -4.01. The van der Waals surface area contributed by atoms with Crippen molar-refractivity contribution in [1.29, 1.82) is 0 Å². The van der Waals surface area contributed by atoms with E-state index in [0.717, 1.165) is 24.2 Å². The average molecular weight is 474 g/mol. The molecule has 0 saturated heterocycles. The number of carbonyl (C=O) groups excluding carboxylic acids is 1. The van der Waals surface area contributed by atoms with E-state index in [1.54, 1.807) is 48.4 Å². The SMILES string of the molecule is Cc1nc(-c2ccn(C)n2)oc1C(=O)CC1CCc2[nH]cnc2[C@@H](c2cc3c(F)cccc3o2)C1. The van der Waals surface area contributed by atoms with E-state index in [-0.39, 0.29) is 29.2 Å². The number of halogens is 1. The lowest BCUT2D eigenvalue weighted by molar-refractivity contribution is 0.0928. The maximum absolute atomic E-state index is 14.3. The molecule has 1 unspecified atom stereocenters. The number of H-pyrrole nitrogens is 1. The lowest BCUT2D eigenvalue weighted by Gasteiger charge is -2.17. The lowest BCUT2D eigenvalue weighted by atomic mass is 9.87. The van der Waals surface area contributed by atoms with Crippen molar-refractivity contribution in [3.05, 3.63) is 77.3 Å². The molecule has 35 heavy (non-hydrogen) atoms. The van der Waals surface area contributed by atoms with Gasteiger partial charge in [-0.1, -0.05) is 6.07 Å². The summed E-state index contributed by atoms with van der Waals surface area (Å²) in [6, 6.07) is 8.38. The van der Waals surface area contributed by atoms with Crippen molar-refractivity contribution in [2.45, 2.75) is 38.5 Å². The number of rotatable bonds is 5. The molecule has 4 aromatic heterocycles. The Bertz CT molecular complexity index is 1540. The van der Waals surface area contributed by atoms with Crippen molar-refractivity contribution >= 4 is 16.8 Å². The van der Waals surface area contributed by atoms with E-state index in [1.165, 1.54) is 6.07 Å². The predicted molar refractivity (Wildman–Crippen MR) is 125 cm³/mol. The second-order valence-electron chi connectivity index (χ2n) is 9.20. The van der Waals surface area contributed by atoms with E-state index in [9.17, 15) is 9.18 Å². The first-order valence-electron chi connectivity index (χ1n) is 11.7. The van der Waals surface area contributed by atoms with Gasteiger partial charge in [-0.3, -0.25) is 9.48 Å². The zero-order valence-electron chi connectivity index (χ0n) is 19.4. The molecule has 9 heteroatoms. The van der Waals surface area contributed by atoms with E-state index in [0.29, 0.717) is 46.8 Å². The second-order valence-corrected chi connectivity index (χ2v) is 9.20. The largest absolute Gasteiger partial charge is 0.460 e. The Balaban J connectivity index is 1.27. The molecule has 6 rings (SSSR count). The highest BCUT2D eigenvalue weighted by atomic mass is 19.1. The van der Waals surface area contributed by atoms with Gasteiger partial charge < -0.3 is 13.8 Å². The molecule has 1 N–H and O–H groups in total. The third-order valence-electron chi connectivity index (χ3n) is 6.78. The molecule has 0 saturated carbocycles. The van der Waals surface area contributed by atoms with Crippen LogP contribution < -0.4 is 0 Å². The van der Waals surface area contributed by atoms with E-state index in [2.05, 4.69) is 20.1 Å². The summed E-state index contributed by atoms with van der Waals surface area (Å²) in [6.07, 6.45) is 6.04. The van der Waals surface area contributed by atoms with Crippen molar-refractivity contribution in [2.24, 2.45) is 13.0 Å². The highest BCUT2D eigenvalue weighted by Crippen LogP contribution is 2.40. The van der Waals surface area contributed by atoms with Crippen LogP contribution in [0, 0.1) is 18.7 Å². The number of nitrogens with zero attached hydrogens (tertiary/aromatic N) is 4. The number of furan rings is 1. The van der Waals surface area contributed by atoms with Gasteiger partial charge in [-0.15, -0.1) is 0 Å². The van der Waals surface area contributed by atoms with Gasteiger partial charge in [0.2, 0.25) is 5.89 Å². The van der Waals surface area contributed by atoms with Crippen LogP contribution >= 0.6 is 0 Å². The van der Waals surface area contributed by atoms with Crippen LogP contribution in [0.25, 0.3) is 22.6 Å². The average Bonchev–Trinajstić information content (AvgIpc) is 3.61. The molecule has 0 bridgehead atoms. The molecular formula is C26H24FN5O3. The molecule has 1 aromatic carbocycles. The van der Waals surface area contributed by atoms with Gasteiger partial charge in [-0.2, -0.15) is 5.10 Å². The zero-order valence-corrected chi connectivity index (χ0v) is 19.4. The molecule has 0 fully saturated rings. The number of benzene rings is 1. The van der Waals surface area contributed by atoms with E-state index >= 15 is 0 Å². The van der Waals surface area contributed by atoms with Crippen LogP contribution in [0.5, 0.6) is 0 Å². The zero-order chi connectivity index (χ0) is 24.1. The molecule has 0 amide bonds. The van der Waals surface area contributed by atoms with Crippen LogP contribution in [0.2, 0.25) is 0 Å². The summed E-state index contributed by atoms with van der Waals surface area (Å²) in [7, 11) is 1.81. The molecule has 2 atom stereocenters. The van der Waals surface area contributed by atoms with Gasteiger partial charge in [0, 0.05) is 25.4 Å². The van der Waals surface area contributed by atoms with Gasteiger partial charge in [0.1, 0.15) is 22.9 Å². The Morgan fingerprint density at radius 1 is 1.29 bits per heavy atom. The van der Waals surface area contributed by atoms with Crippen LogP contribution in [0.1, 0.15) is 58.6 Å². The summed E-state index contributed by atoms with van der Waals surface area (Å²) in [5.74, 6) is 0.757. The van der Waals surface area contributed by atoms with E-state index < -0.39 is 0 Å². The second kappa shape index (κ2) is 8.33. The topological polar surface area (TPSA) is 103 Å². The molecule has 178 valence electrons. The number of carbonyl (C=O) groups is 1. The fraction of sp³-hybridized carbons (Fsp3) is 0.308. The normalized spacial score (nSPS) is 18.0. The number of ketones is 1. The number of hydrogen-bond acceptors (Lipinski definition) is 6. The predicted octanol–water partition coefficient (Wildman–Crippen LogP) is 5.35. The minimum Gasteiger partial charge on any atom is -0.460 e. The standard InChI is InChI=1S/C26H24FN5O3/c1-14-25(35-26(30-14)20-8-9-32(2)31-20)21(33)11-15-6-7-19-24(29-13-28-19)17(10-15)23-12-16-18(27)4-3-5-22(16)34-23/h3-5,8-9,12-13,15,17H,6-7,10-11H2,1-2H3,(H,28,29)/t15?,17-/m1/s1. The Labute approximate surface area is 200 Å². The highest BCUT2D eigenvalue weighted by molar-refractivity contribution is 5.94. The monoisotopic (exact) mass is 473 g/mol. The van der Waals surface area contributed by atoms with Gasteiger partial charge in [-0.05, 0) is 56.4 Å². The van der Waals surface area contributed by atoms with Crippen LogP contribution in [0.3, 0.4) is 0 Å². The lowest BCUT2D eigenvalue weighted by Crippen LogP contribution is -2.12. The summed E-state index contributed by atoms with van der Waals surface area (Å²) >= 11 is 0. The molecule has 8 nitrogen and oxygen atoms in total. The minimum absolute atomic E-state index is 0.0657. The summed E-state index contributed by atoms with van der Waals surface area (Å²) < 4.78 is 27.9. The van der Waals surface area contributed by atoms with Crippen LogP contribution in [-0.2, 0) is 13.5 Å². The number of fused-ring (bicyclic) bond motifs is 2. The molecule has 0 aliphatic heterocycles. The van der Waals surface area contributed by atoms with Crippen molar-refractivity contribution in [3.63, 3.8) is 0 Å². The van der Waals surface area contributed by atoms with Gasteiger partial charge in [-0.25, -0.2) is 14.4 Å². The van der Waals surface area contributed by atoms with Gasteiger partial charge >= 0.3 is 0 Å². The first-order valence-corrected chi connectivity index (χ1v) is 11.7. The number of Topliss-reactive ketones (excluding diaryl/α,β-unsaturated/α-hetero) is 1. The summed E-state index contributed by atoms with van der Waals surface area (Å²) in [6.45, 7) is 1.77. The number of imidazole rings is 1. The quantitative estimate of drug-likeness (QED) is 0.273. The first-order chi connectivity index (χ1) is 17.0. The minimum atomic E-state index is -0.315. The maximum atomic E-state index is 14.3. The first kappa shape index (κ1) is 21.5. The summed E-state index contributed by atoms with van der Waals surface area (Å²) in [5, 5.41) is 4.76. The fourth-order valence-corrected chi connectivity index (χ4v) is 5.05.